The summed E-state index contributed by atoms with van der Waals surface area (Å²) in [6.07, 6.45) is 5.93. The van der Waals surface area contributed by atoms with Crippen molar-refractivity contribution < 1.29 is 14.3 Å². The molecule has 3 unspecified atom stereocenters. The number of fused-ring (bicyclic) bond motifs is 1. The number of amides is 2. The molecule has 6 nitrogen and oxygen atoms in total. The minimum Gasteiger partial charge on any atom is -0.444 e. The van der Waals surface area contributed by atoms with Crippen LogP contribution in [0.5, 0.6) is 0 Å². The Morgan fingerprint density at radius 2 is 1.79 bits per heavy atom. The quantitative estimate of drug-likeness (QED) is 0.838. The third kappa shape index (κ3) is 3.85. The highest BCUT2D eigenvalue weighted by molar-refractivity contribution is 5.86. The zero-order valence-electron chi connectivity index (χ0n) is 15.2. The van der Waals surface area contributed by atoms with Crippen LogP contribution in [0.25, 0.3) is 0 Å². The standard InChI is InChI=1S/C18H31N3O3/c1-18(2,3)24-17(23)21-11-6-8-15(21)16(22)19-13-9-12-20-10-5-4-7-14(13)20/h13-15H,4-12H2,1-3H3,(H,19,22). The fourth-order valence-electron chi connectivity index (χ4n) is 4.27. The maximum absolute atomic E-state index is 12.8. The third-order valence-electron chi connectivity index (χ3n) is 5.37. The summed E-state index contributed by atoms with van der Waals surface area (Å²) in [7, 11) is 0. The van der Waals surface area contributed by atoms with Gasteiger partial charge in [-0.2, -0.15) is 0 Å². The Labute approximate surface area is 144 Å². The minimum absolute atomic E-state index is 0.00390. The Balaban J connectivity index is 1.58. The molecule has 1 N–H and O–H groups in total. The van der Waals surface area contributed by atoms with E-state index >= 15 is 0 Å². The molecule has 2 amide bonds. The molecule has 24 heavy (non-hydrogen) atoms. The number of carbonyl (C=O) groups excluding carboxylic acids is 2. The van der Waals surface area contributed by atoms with Gasteiger partial charge in [0.25, 0.3) is 0 Å². The lowest BCUT2D eigenvalue weighted by Crippen LogP contribution is -2.53. The number of carbonyl (C=O) groups is 2. The highest BCUT2D eigenvalue weighted by Gasteiger charge is 2.40. The van der Waals surface area contributed by atoms with E-state index in [0.717, 1.165) is 32.4 Å². The summed E-state index contributed by atoms with van der Waals surface area (Å²) in [5.41, 5.74) is -0.533. The average Bonchev–Trinajstić information content (AvgIpc) is 3.13. The van der Waals surface area contributed by atoms with Crippen LogP contribution in [0.1, 0.15) is 59.3 Å². The minimum atomic E-state index is -0.533. The smallest absolute Gasteiger partial charge is 0.410 e. The van der Waals surface area contributed by atoms with Crippen molar-refractivity contribution in [3.63, 3.8) is 0 Å². The molecule has 0 aromatic rings. The Kier molecular flexibility index (Phi) is 5.04. The number of hydrogen-bond donors (Lipinski definition) is 1. The molecule has 3 heterocycles. The van der Waals surface area contributed by atoms with Gasteiger partial charge >= 0.3 is 6.09 Å². The second kappa shape index (κ2) is 6.90. The van der Waals surface area contributed by atoms with E-state index in [4.69, 9.17) is 4.74 Å². The second-order valence-corrected chi connectivity index (χ2v) is 8.33. The van der Waals surface area contributed by atoms with Gasteiger partial charge in [0.1, 0.15) is 11.6 Å². The van der Waals surface area contributed by atoms with Crippen molar-refractivity contribution in [1.29, 1.82) is 0 Å². The van der Waals surface area contributed by atoms with Crippen molar-refractivity contribution in [1.82, 2.24) is 15.1 Å². The summed E-state index contributed by atoms with van der Waals surface area (Å²) in [4.78, 5) is 29.2. The van der Waals surface area contributed by atoms with Crippen molar-refractivity contribution in [2.45, 2.75) is 83.0 Å². The van der Waals surface area contributed by atoms with Gasteiger partial charge in [-0.25, -0.2) is 4.79 Å². The first-order chi connectivity index (χ1) is 11.3. The van der Waals surface area contributed by atoms with E-state index in [2.05, 4.69) is 10.2 Å². The molecule has 0 aliphatic carbocycles. The molecule has 6 heteroatoms. The van der Waals surface area contributed by atoms with Crippen LogP contribution >= 0.6 is 0 Å². The first kappa shape index (κ1) is 17.5. The van der Waals surface area contributed by atoms with Crippen LogP contribution in [0.2, 0.25) is 0 Å². The number of hydrogen-bond acceptors (Lipinski definition) is 4. The summed E-state index contributed by atoms with van der Waals surface area (Å²) < 4.78 is 5.46. The number of nitrogens with zero attached hydrogens (tertiary/aromatic N) is 2. The Bertz CT molecular complexity index is 488. The largest absolute Gasteiger partial charge is 0.444 e. The summed E-state index contributed by atoms with van der Waals surface area (Å²) in [6, 6.07) is 0.343. The van der Waals surface area contributed by atoms with E-state index in [1.807, 2.05) is 20.8 Å². The van der Waals surface area contributed by atoms with Crippen LogP contribution in [0.15, 0.2) is 0 Å². The summed E-state index contributed by atoms with van der Waals surface area (Å²) in [5, 5.41) is 3.24. The number of rotatable bonds is 2. The molecule has 0 aromatic carbocycles. The molecule has 3 rings (SSSR count). The van der Waals surface area contributed by atoms with Gasteiger partial charge in [-0.1, -0.05) is 6.42 Å². The summed E-state index contributed by atoms with van der Waals surface area (Å²) in [5.74, 6) is -0.00390. The Morgan fingerprint density at radius 1 is 1.00 bits per heavy atom. The number of nitrogens with one attached hydrogen (secondary N) is 1. The predicted octanol–water partition coefficient (Wildman–Crippen LogP) is 2.13. The first-order valence-corrected chi connectivity index (χ1v) is 9.39. The molecule has 3 aliphatic rings. The van der Waals surface area contributed by atoms with Gasteiger partial charge in [-0.15, -0.1) is 0 Å². The lowest BCUT2D eigenvalue weighted by Gasteiger charge is -2.33. The molecule has 3 saturated heterocycles. The van der Waals surface area contributed by atoms with Crippen LogP contribution < -0.4 is 5.32 Å². The van der Waals surface area contributed by atoms with E-state index in [1.54, 1.807) is 4.90 Å². The Morgan fingerprint density at radius 3 is 2.54 bits per heavy atom. The summed E-state index contributed by atoms with van der Waals surface area (Å²) in [6.45, 7) is 8.40. The molecule has 0 radical (unpaired) electrons. The van der Waals surface area contributed by atoms with E-state index in [-0.39, 0.29) is 24.1 Å². The topological polar surface area (TPSA) is 61.9 Å². The van der Waals surface area contributed by atoms with E-state index in [1.165, 1.54) is 19.3 Å². The van der Waals surface area contributed by atoms with Crippen molar-refractivity contribution in [2.24, 2.45) is 0 Å². The van der Waals surface area contributed by atoms with Gasteiger partial charge in [-0.05, 0) is 59.4 Å². The number of piperidine rings is 1. The van der Waals surface area contributed by atoms with Crippen LogP contribution in [-0.4, -0.2) is 65.2 Å². The summed E-state index contributed by atoms with van der Waals surface area (Å²) >= 11 is 0. The van der Waals surface area contributed by atoms with Gasteiger partial charge in [0, 0.05) is 25.2 Å². The van der Waals surface area contributed by atoms with Gasteiger partial charge < -0.3 is 10.1 Å². The second-order valence-electron chi connectivity index (χ2n) is 8.33. The monoisotopic (exact) mass is 337 g/mol. The molecule has 0 bridgehead atoms. The molecule has 136 valence electrons. The number of likely N-dealkylation sites (tertiary alicyclic amines) is 1. The maximum atomic E-state index is 12.8. The van der Waals surface area contributed by atoms with Crippen molar-refractivity contribution in [3.05, 3.63) is 0 Å². The molecular weight excluding hydrogens is 306 g/mol. The molecular formula is C18H31N3O3. The Hall–Kier alpha value is -1.30. The van der Waals surface area contributed by atoms with Crippen molar-refractivity contribution in [2.75, 3.05) is 19.6 Å². The number of ether oxygens (including phenoxy) is 1. The lowest BCUT2D eigenvalue weighted by atomic mass is 9.98. The maximum Gasteiger partial charge on any atom is 0.410 e. The third-order valence-corrected chi connectivity index (χ3v) is 5.37. The van der Waals surface area contributed by atoms with Gasteiger partial charge in [-0.3, -0.25) is 14.6 Å². The molecule has 3 atom stereocenters. The predicted molar refractivity (Wildman–Crippen MR) is 91.7 cm³/mol. The van der Waals surface area contributed by atoms with Gasteiger partial charge in [0.05, 0.1) is 0 Å². The van der Waals surface area contributed by atoms with Crippen LogP contribution in [-0.2, 0) is 9.53 Å². The molecule has 0 spiro atoms. The molecule has 3 aliphatic heterocycles. The average molecular weight is 337 g/mol. The SMILES string of the molecule is CC(C)(C)OC(=O)N1CCCC1C(=O)NC1CCN2CCCCC12. The molecule has 0 saturated carbocycles. The van der Waals surface area contributed by atoms with Crippen LogP contribution in [0.3, 0.4) is 0 Å². The normalized spacial score (nSPS) is 31.0. The lowest BCUT2D eigenvalue weighted by molar-refractivity contribution is -0.126. The highest BCUT2D eigenvalue weighted by Crippen LogP contribution is 2.28. The van der Waals surface area contributed by atoms with Crippen LogP contribution in [0, 0.1) is 0 Å². The van der Waals surface area contributed by atoms with Crippen LogP contribution in [0.4, 0.5) is 4.79 Å². The van der Waals surface area contributed by atoms with Crippen molar-refractivity contribution in [3.8, 4) is 0 Å². The zero-order chi connectivity index (χ0) is 17.3. The van der Waals surface area contributed by atoms with Crippen molar-refractivity contribution >= 4 is 12.0 Å². The van der Waals surface area contributed by atoms with Gasteiger partial charge in [0.15, 0.2) is 0 Å². The molecule has 0 aromatic heterocycles. The zero-order valence-corrected chi connectivity index (χ0v) is 15.2. The first-order valence-electron chi connectivity index (χ1n) is 9.39. The van der Waals surface area contributed by atoms with E-state index in [9.17, 15) is 9.59 Å². The highest BCUT2D eigenvalue weighted by atomic mass is 16.6. The fraction of sp³-hybridized carbons (Fsp3) is 0.889. The van der Waals surface area contributed by atoms with Gasteiger partial charge in [0.2, 0.25) is 5.91 Å². The van der Waals surface area contributed by atoms with E-state index < -0.39 is 5.60 Å². The molecule has 3 fully saturated rings. The van der Waals surface area contributed by atoms with E-state index in [0.29, 0.717) is 12.6 Å². The fourth-order valence-corrected chi connectivity index (χ4v) is 4.27.